The number of carbonyl (C=O) groups excluding carboxylic acids is 1. The lowest BCUT2D eigenvalue weighted by Gasteiger charge is -2.00. The highest BCUT2D eigenvalue weighted by molar-refractivity contribution is 6.03. The van der Waals surface area contributed by atoms with Gasteiger partial charge in [0.25, 0.3) is 5.91 Å². The standard InChI is InChI=1S/C10H11N5O/c16-10(12-8-4-5-11-14-8)9-6-2-1-3-7(6)13-15-9/h4-5H,1-3H2,(H,13,15)(H2,11,12,14,16). The predicted molar refractivity (Wildman–Crippen MR) is 57.2 cm³/mol. The summed E-state index contributed by atoms with van der Waals surface area (Å²) in [6.07, 6.45) is 4.59. The van der Waals surface area contributed by atoms with Crippen LogP contribution >= 0.6 is 0 Å². The number of H-pyrrole nitrogens is 2. The molecule has 0 bridgehead atoms. The van der Waals surface area contributed by atoms with E-state index in [0.717, 1.165) is 30.5 Å². The number of amides is 1. The number of nitrogens with zero attached hydrogens (tertiary/aromatic N) is 2. The highest BCUT2D eigenvalue weighted by Crippen LogP contribution is 2.23. The van der Waals surface area contributed by atoms with Crippen molar-refractivity contribution in [2.24, 2.45) is 0 Å². The first-order valence-corrected chi connectivity index (χ1v) is 5.21. The van der Waals surface area contributed by atoms with Crippen molar-refractivity contribution in [1.29, 1.82) is 0 Å². The first-order chi connectivity index (χ1) is 7.84. The molecule has 0 aliphatic heterocycles. The van der Waals surface area contributed by atoms with E-state index in [-0.39, 0.29) is 5.91 Å². The second-order valence-electron chi connectivity index (χ2n) is 3.81. The zero-order chi connectivity index (χ0) is 11.0. The molecule has 2 aromatic heterocycles. The van der Waals surface area contributed by atoms with Crippen molar-refractivity contribution in [3.05, 3.63) is 29.2 Å². The van der Waals surface area contributed by atoms with E-state index in [1.54, 1.807) is 12.3 Å². The molecule has 3 N–H and O–H groups in total. The van der Waals surface area contributed by atoms with Crippen LogP contribution in [0.25, 0.3) is 0 Å². The molecule has 6 nitrogen and oxygen atoms in total. The maximum absolute atomic E-state index is 11.9. The quantitative estimate of drug-likeness (QED) is 0.697. The molecule has 0 saturated carbocycles. The summed E-state index contributed by atoms with van der Waals surface area (Å²) in [6.45, 7) is 0. The zero-order valence-electron chi connectivity index (χ0n) is 8.58. The molecule has 1 aliphatic rings. The molecule has 1 aliphatic carbocycles. The Morgan fingerprint density at radius 1 is 1.38 bits per heavy atom. The monoisotopic (exact) mass is 217 g/mol. The number of hydrogen-bond donors (Lipinski definition) is 3. The number of aromatic amines is 2. The van der Waals surface area contributed by atoms with Crippen LogP contribution in [0.3, 0.4) is 0 Å². The van der Waals surface area contributed by atoms with Gasteiger partial charge in [0, 0.05) is 17.3 Å². The molecule has 2 heterocycles. The Bertz CT molecular complexity index is 513. The average molecular weight is 217 g/mol. The smallest absolute Gasteiger partial charge is 0.277 e. The van der Waals surface area contributed by atoms with Crippen LogP contribution in [0.1, 0.15) is 28.2 Å². The third-order valence-electron chi connectivity index (χ3n) is 2.77. The summed E-state index contributed by atoms with van der Waals surface area (Å²) in [7, 11) is 0. The van der Waals surface area contributed by atoms with Crippen LogP contribution in [-0.4, -0.2) is 26.3 Å². The molecule has 16 heavy (non-hydrogen) atoms. The van der Waals surface area contributed by atoms with Crippen molar-refractivity contribution in [2.75, 3.05) is 5.32 Å². The van der Waals surface area contributed by atoms with Crippen molar-refractivity contribution in [2.45, 2.75) is 19.3 Å². The zero-order valence-corrected chi connectivity index (χ0v) is 8.58. The topological polar surface area (TPSA) is 86.5 Å². The van der Waals surface area contributed by atoms with Gasteiger partial charge in [0.1, 0.15) is 5.82 Å². The molecule has 1 amide bonds. The van der Waals surface area contributed by atoms with Gasteiger partial charge in [-0.1, -0.05) is 0 Å². The minimum Gasteiger partial charge on any atom is -0.306 e. The second-order valence-corrected chi connectivity index (χ2v) is 3.81. The number of aromatic nitrogens is 4. The van der Waals surface area contributed by atoms with Crippen molar-refractivity contribution in [3.63, 3.8) is 0 Å². The van der Waals surface area contributed by atoms with E-state index in [2.05, 4.69) is 25.7 Å². The number of aryl methyl sites for hydroxylation is 1. The molecule has 0 saturated heterocycles. The van der Waals surface area contributed by atoms with E-state index in [1.165, 1.54) is 0 Å². The Morgan fingerprint density at radius 2 is 2.31 bits per heavy atom. The van der Waals surface area contributed by atoms with Crippen LogP contribution < -0.4 is 5.32 Å². The lowest BCUT2D eigenvalue weighted by atomic mass is 10.2. The summed E-state index contributed by atoms with van der Waals surface area (Å²) < 4.78 is 0. The van der Waals surface area contributed by atoms with Crippen molar-refractivity contribution in [3.8, 4) is 0 Å². The summed E-state index contributed by atoms with van der Waals surface area (Å²) in [5.41, 5.74) is 2.65. The summed E-state index contributed by atoms with van der Waals surface area (Å²) in [5.74, 6) is 0.392. The van der Waals surface area contributed by atoms with Crippen LogP contribution in [0.2, 0.25) is 0 Å². The number of rotatable bonds is 2. The van der Waals surface area contributed by atoms with Crippen LogP contribution in [0.5, 0.6) is 0 Å². The molecular formula is C10H11N5O. The molecule has 0 aromatic carbocycles. The first kappa shape index (κ1) is 9.14. The highest BCUT2D eigenvalue weighted by Gasteiger charge is 2.23. The van der Waals surface area contributed by atoms with E-state index < -0.39 is 0 Å². The molecule has 0 unspecified atom stereocenters. The van der Waals surface area contributed by atoms with Crippen molar-refractivity contribution < 1.29 is 4.79 Å². The minimum absolute atomic E-state index is 0.191. The maximum atomic E-state index is 11.9. The Hall–Kier alpha value is -2.11. The highest BCUT2D eigenvalue weighted by atomic mass is 16.2. The number of fused-ring (bicyclic) bond motifs is 1. The van der Waals surface area contributed by atoms with Gasteiger partial charge >= 0.3 is 0 Å². The SMILES string of the molecule is O=C(Nc1ccn[nH]1)c1n[nH]c2c1CCC2. The molecule has 6 heteroatoms. The van der Waals surface area contributed by atoms with Gasteiger partial charge in [-0.15, -0.1) is 0 Å². The van der Waals surface area contributed by atoms with Gasteiger partial charge in [-0.05, 0) is 19.3 Å². The summed E-state index contributed by atoms with van der Waals surface area (Å²) in [6, 6.07) is 1.70. The van der Waals surface area contributed by atoms with Gasteiger partial charge in [0.15, 0.2) is 5.69 Å². The molecule has 0 spiro atoms. The Kier molecular flexibility index (Phi) is 1.99. The second kappa shape index (κ2) is 3.48. The fourth-order valence-electron chi connectivity index (χ4n) is 2.01. The van der Waals surface area contributed by atoms with E-state index in [0.29, 0.717) is 11.5 Å². The van der Waals surface area contributed by atoms with Crippen LogP contribution in [0.4, 0.5) is 5.82 Å². The fourth-order valence-corrected chi connectivity index (χ4v) is 2.01. The maximum Gasteiger partial charge on any atom is 0.277 e. The van der Waals surface area contributed by atoms with Crippen LogP contribution in [0, 0.1) is 0 Å². The normalized spacial score (nSPS) is 13.8. The summed E-state index contributed by atoms with van der Waals surface area (Å²) >= 11 is 0. The van der Waals surface area contributed by atoms with Gasteiger partial charge in [0.05, 0.1) is 6.20 Å². The third kappa shape index (κ3) is 1.39. The molecule has 3 rings (SSSR count). The van der Waals surface area contributed by atoms with Gasteiger partial charge in [-0.3, -0.25) is 15.0 Å². The number of nitrogens with one attached hydrogen (secondary N) is 3. The van der Waals surface area contributed by atoms with Crippen LogP contribution in [-0.2, 0) is 12.8 Å². The molecular weight excluding hydrogens is 206 g/mol. The number of hydrogen-bond acceptors (Lipinski definition) is 3. The minimum atomic E-state index is -0.191. The fraction of sp³-hybridized carbons (Fsp3) is 0.300. The molecule has 0 atom stereocenters. The average Bonchev–Trinajstić information content (AvgIpc) is 2.92. The largest absolute Gasteiger partial charge is 0.306 e. The summed E-state index contributed by atoms with van der Waals surface area (Å²) in [4.78, 5) is 11.9. The van der Waals surface area contributed by atoms with Gasteiger partial charge in [-0.25, -0.2) is 0 Å². The summed E-state index contributed by atoms with van der Waals surface area (Å²) in [5, 5.41) is 16.1. The van der Waals surface area contributed by atoms with Gasteiger partial charge < -0.3 is 5.32 Å². The number of anilines is 1. The Morgan fingerprint density at radius 3 is 3.12 bits per heavy atom. The number of carbonyl (C=O) groups is 1. The molecule has 0 radical (unpaired) electrons. The Balaban J connectivity index is 1.84. The van der Waals surface area contributed by atoms with E-state index in [4.69, 9.17) is 0 Å². The van der Waals surface area contributed by atoms with Crippen LogP contribution in [0.15, 0.2) is 12.3 Å². The van der Waals surface area contributed by atoms with Gasteiger partial charge in [0.2, 0.25) is 0 Å². The van der Waals surface area contributed by atoms with Gasteiger partial charge in [-0.2, -0.15) is 10.2 Å². The Labute approximate surface area is 91.4 Å². The lowest BCUT2D eigenvalue weighted by Crippen LogP contribution is -2.14. The van der Waals surface area contributed by atoms with Crippen molar-refractivity contribution >= 4 is 11.7 Å². The van der Waals surface area contributed by atoms with E-state index >= 15 is 0 Å². The molecule has 0 fully saturated rings. The third-order valence-corrected chi connectivity index (χ3v) is 2.77. The predicted octanol–water partition coefficient (Wildman–Crippen LogP) is 0.874. The molecule has 82 valence electrons. The first-order valence-electron chi connectivity index (χ1n) is 5.21. The van der Waals surface area contributed by atoms with E-state index in [1.807, 2.05) is 0 Å². The van der Waals surface area contributed by atoms with Crippen molar-refractivity contribution in [1.82, 2.24) is 20.4 Å². The van der Waals surface area contributed by atoms with E-state index in [9.17, 15) is 4.79 Å². The molecule has 2 aromatic rings. The lowest BCUT2D eigenvalue weighted by molar-refractivity contribution is 0.102.